The van der Waals surface area contributed by atoms with Gasteiger partial charge in [0.05, 0.1) is 5.38 Å². The van der Waals surface area contributed by atoms with Gasteiger partial charge in [-0.1, -0.05) is 12.1 Å². The van der Waals surface area contributed by atoms with Gasteiger partial charge < -0.3 is 9.47 Å². The van der Waals surface area contributed by atoms with Crippen molar-refractivity contribution in [2.75, 3.05) is 7.11 Å². The molecular weight excluding hydrogens is 231 g/mol. The number of rotatable bonds is 3. The SMILES string of the molecule is COC1C(Cl)CC1Oc1cccc(C)c1F. The molecule has 1 aliphatic carbocycles. The molecule has 2 nitrogen and oxygen atoms in total. The largest absolute Gasteiger partial charge is 0.485 e. The third-order valence-corrected chi connectivity index (χ3v) is 3.31. The van der Waals surface area contributed by atoms with E-state index in [4.69, 9.17) is 21.1 Å². The number of benzene rings is 1. The number of aryl methyl sites for hydroxylation is 1. The minimum Gasteiger partial charge on any atom is -0.485 e. The Morgan fingerprint density at radius 2 is 2.19 bits per heavy atom. The summed E-state index contributed by atoms with van der Waals surface area (Å²) in [5.41, 5.74) is 0.577. The van der Waals surface area contributed by atoms with Crippen LogP contribution in [0.3, 0.4) is 0 Å². The zero-order chi connectivity index (χ0) is 11.7. The molecule has 0 amide bonds. The second kappa shape index (κ2) is 4.60. The second-order valence-electron chi connectivity index (χ2n) is 4.00. The Hall–Kier alpha value is -0.800. The summed E-state index contributed by atoms with van der Waals surface area (Å²) in [7, 11) is 1.59. The molecule has 0 aliphatic heterocycles. The Bertz CT molecular complexity index is 383. The maximum absolute atomic E-state index is 13.7. The fourth-order valence-electron chi connectivity index (χ4n) is 1.82. The average molecular weight is 245 g/mol. The summed E-state index contributed by atoms with van der Waals surface area (Å²) < 4.78 is 24.4. The summed E-state index contributed by atoms with van der Waals surface area (Å²) in [5, 5.41) is -0.0390. The van der Waals surface area contributed by atoms with E-state index in [0.717, 1.165) is 0 Å². The molecule has 0 aromatic heterocycles. The van der Waals surface area contributed by atoms with Crippen LogP contribution in [0, 0.1) is 12.7 Å². The number of halogens is 2. The molecule has 1 aromatic carbocycles. The average Bonchev–Trinajstić information content (AvgIpc) is 2.24. The highest BCUT2D eigenvalue weighted by atomic mass is 35.5. The fraction of sp³-hybridized carbons (Fsp3) is 0.500. The van der Waals surface area contributed by atoms with E-state index in [9.17, 15) is 4.39 Å². The van der Waals surface area contributed by atoms with Crippen molar-refractivity contribution in [2.24, 2.45) is 0 Å². The summed E-state index contributed by atoms with van der Waals surface area (Å²) in [5.74, 6) is -0.0361. The summed E-state index contributed by atoms with van der Waals surface area (Å²) in [6.45, 7) is 1.71. The van der Waals surface area contributed by atoms with Gasteiger partial charge in [0.25, 0.3) is 0 Å². The smallest absolute Gasteiger partial charge is 0.167 e. The van der Waals surface area contributed by atoms with Crippen molar-refractivity contribution in [2.45, 2.75) is 30.9 Å². The highest BCUT2D eigenvalue weighted by Gasteiger charge is 2.42. The van der Waals surface area contributed by atoms with Crippen LogP contribution in [0.25, 0.3) is 0 Å². The lowest BCUT2D eigenvalue weighted by Crippen LogP contribution is -2.52. The van der Waals surface area contributed by atoms with Crippen molar-refractivity contribution in [3.63, 3.8) is 0 Å². The first kappa shape index (κ1) is 11.7. The van der Waals surface area contributed by atoms with Crippen LogP contribution in [-0.2, 0) is 4.74 Å². The molecule has 88 valence electrons. The molecule has 0 spiro atoms. The first-order chi connectivity index (χ1) is 7.63. The molecule has 1 fully saturated rings. The van der Waals surface area contributed by atoms with Crippen LogP contribution >= 0.6 is 11.6 Å². The van der Waals surface area contributed by atoms with Gasteiger partial charge in [-0.2, -0.15) is 0 Å². The molecule has 0 heterocycles. The summed E-state index contributed by atoms with van der Waals surface area (Å²) in [6.07, 6.45) is 0.387. The zero-order valence-electron chi connectivity index (χ0n) is 9.24. The highest BCUT2D eigenvalue weighted by molar-refractivity contribution is 6.21. The molecule has 16 heavy (non-hydrogen) atoms. The van der Waals surface area contributed by atoms with Gasteiger partial charge in [-0.25, -0.2) is 4.39 Å². The first-order valence-electron chi connectivity index (χ1n) is 5.22. The molecule has 1 saturated carbocycles. The van der Waals surface area contributed by atoms with E-state index in [1.54, 1.807) is 32.2 Å². The van der Waals surface area contributed by atoms with Crippen LogP contribution < -0.4 is 4.74 Å². The minimum absolute atomic E-state index is 0.0390. The molecule has 4 heteroatoms. The normalized spacial score (nSPS) is 28.6. The third-order valence-electron chi connectivity index (χ3n) is 2.89. The van der Waals surface area contributed by atoms with E-state index < -0.39 is 0 Å². The van der Waals surface area contributed by atoms with Crippen molar-refractivity contribution >= 4 is 11.6 Å². The van der Waals surface area contributed by atoms with E-state index in [-0.39, 0.29) is 29.2 Å². The van der Waals surface area contributed by atoms with Crippen LogP contribution in [0.5, 0.6) is 5.75 Å². The summed E-state index contributed by atoms with van der Waals surface area (Å²) >= 11 is 5.95. The monoisotopic (exact) mass is 244 g/mol. The molecule has 2 rings (SSSR count). The number of hydrogen-bond acceptors (Lipinski definition) is 2. The summed E-state index contributed by atoms with van der Waals surface area (Å²) in [4.78, 5) is 0. The van der Waals surface area contributed by atoms with Crippen molar-refractivity contribution in [3.05, 3.63) is 29.6 Å². The number of methoxy groups -OCH3 is 1. The molecular formula is C12H14ClFO2. The third kappa shape index (κ3) is 2.02. The Kier molecular flexibility index (Phi) is 3.36. The van der Waals surface area contributed by atoms with Gasteiger partial charge in [-0.15, -0.1) is 11.6 Å². The lowest BCUT2D eigenvalue weighted by atomic mass is 9.91. The number of alkyl halides is 1. The molecule has 0 radical (unpaired) electrons. The van der Waals surface area contributed by atoms with Gasteiger partial charge in [-0.05, 0) is 18.6 Å². The Labute approximate surface area is 99.3 Å². The molecule has 1 aliphatic rings. The molecule has 0 bridgehead atoms. The molecule has 0 N–H and O–H groups in total. The van der Waals surface area contributed by atoms with E-state index >= 15 is 0 Å². The maximum Gasteiger partial charge on any atom is 0.167 e. The Morgan fingerprint density at radius 3 is 2.81 bits per heavy atom. The molecule has 3 unspecified atom stereocenters. The predicted molar refractivity (Wildman–Crippen MR) is 60.6 cm³/mol. The predicted octanol–water partition coefficient (Wildman–Crippen LogP) is 2.91. The van der Waals surface area contributed by atoms with E-state index in [1.807, 2.05) is 0 Å². The van der Waals surface area contributed by atoms with Crippen LogP contribution in [0.4, 0.5) is 4.39 Å². The molecule has 1 aromatic rings. The van der Waals surface area contributed by atoms with Gasteiger partial charge in [0.15, 0.2) is 11.6 Å². The van der Waals surface area contributed by atoms with Crippen molar-refractivity contribution in [3.8, 4) is 5.75 Å². The number of hydrogen-bond donors (Lipinski definition) is 0. The van der Waals surface area contributed by atoms with E-state index in [2.05, 4.69) is 0 Å². The summed E-state index contributed by atoms with van der Waals surface area (Å²) in [6, 6.07) is 5.10. The van der Waals surface area contributed by atoms with Crippen molar-refractivity contribution in [1.29, 1.82) is 0 Å². The number of ether oxygens (including phenoxy) is 2. The molecule has 3 atom stereocenters. The van der Waals surface area contributed by atoms with Gasteiger partial charge in [-0.3, -0.25) is 0 Å². The highest BCUT2D eigenvalue weighted by Crippen LogP contribution is 2.33. The maximum atomic E-state index is 13.7. The fourth-order valence-corrected chi connectivity index (χ4v) is 2.26. The topological polar surface area (TPSA) is 18.5 Å². The quantitative estimate of drug-likeness (QED) is 0.762. The Balaban J connectivity index is 2.07. The van der Waals surface area contributed by atoms with Gasteiger partial charge >= 0.3 is 0 Å². The van der Waals surface area contributed by atoms with Crippen molar-refractivity contribution in [1.82, 2.24) is 0 Å². The Morgan fingerprint density at radius 1 is 1.44 bits per heavy atom. The lowest BCUT2D eigenvalue weighted by Gasteiger charge is -2.39. The standard InChI is InChI=1S/C12H14ClFO2/c1-7-4-3-5-9(11(7)14)16-10-6-8(13)12(10)15-2/h3-5,8,10,12H,6H2,1-2H3. The van der Waals surface area contributed by atoms with Crippen LogP contribution in [0.1, 0.15) is 12.0 Å². The van der Waals surface area contributed by atoms with Gasteiger partial charge in [0, 0.05) is 13.5 Å². The van der Waals surface area contributed by atoms with E-state index in [0.29, 0.717) is 12.0 Å². The first-order valence-corrected chi connectivity index (χ1v) is 5.65. The minimum atomic E-state index is -0.310. The zero-order valence-corrected chi connectivity index (χ0v) is 10.00. The lowest BCUT2D eigenvalue weighted by molar-refractivity contribution is -0.0596. The van der Waals surface area contributed by atoms with Gasteiger partial charge in [0.1, 0.15) is 12.2 Å². The van der Waals surface area contributed by atoms with E-state index in [1.165, 1.54) is 0 Å². The van der Waals surface area contributed by atoms with Crippen molar-refractivity contribution < 1.29 is 13.9 Å². The second-order valence-corrected chi connectivity index (χ2v) is 4.56. The molecule has 0 saturated heterocycles. The van der Waals surface area contributed by atoms with Crippen LogP contribution in [0.15, 0.2) is 18.2 Å². The van der Waals surface area contributed by atoms with Crippen LogP contribution in [-0.4, -0.2) is 24.7 Å². The van der Waals surface area contributed by atoms with Crippen LogP contribution in [0.2, 0.25) is 0 Å². The van der Waals surface area contributed by atoms with Gasteiger partial charge in [0.2, 0.25) is 0 Å².